The molecule has 0 aliphatic heterocycles. The Bertz CT molecular complexity index is 1000. The third kappa shape index (κ3) is 3.46. The molecule has 7 heteroatoms. The van der Waals surface area contributed by atoms with Crippen LogP contribution in [0, 0.1) is 13.8 Å². The second-order valence-corrected chi connectivity index (χ2v) is 7.53. The Hall–Kier alpha value is -2.93. The molecular formula is C18H18N4O2S. The number of benzene rings is 2. The minimum absolute atomic E-state index is 0.0778. The molecule has 1 heterocycles. The summed E-state index contributed by atoms with van der Waals surface area (Å²) in [5.41, 5.74) is 7.77. The van der Waals surface area contributed by atoms with Crippen molar-refractivity contribution in [1.29, 1.82) is 0 Å². The summed E-state index contributed by atoms with van der Waals surface area (Å²) in [7, 11) is -3.86. The number of nitrogens with one attached hydrogen (secondary N) is 1. The number of aromatic nitrogens is 2. The van der Waals surface area contributed by atoms with E-state index in [0.29, 0.717) is 11.5 Å². The SMILES string of the molecule is Cc1ccc(Nc2nc(C)nc(N)c2S(=O)(=O)c2ccccc2)cc1. The summed E-state index contributed by atoms with van der Waals surface area (Å²) in [6, 6.07) is 15.6. The highest BCUT2D eigenvalue weighted by Crippen LogP contribution is 2.32. The number of rotatable bonds is 4. The monoisotopic (exact) mass is 354 g/mol. The normalized spacial score (nSPS) is 11.3. The average molecular weight is 354 g/mol. The van der Waals surface area contributed by atoms with Crippen LogP contribution in [0.3, 0.4) is 0 Å². The quantitative estimate of drug-likeness (QED) is 0.746. The predicted molar refractivity (Wildman–Crippen MR) is 97.5 cm³/mol. The van der Waals surface area contributed by atoms with Gasteiger partial charge < -0.3 is 11.1 Å². The van der Waals surface area contributed by atoms with Crippen LogP contribution in [0.1, 0.15) is 11.4 Å². The van der Waals surface area contributed by atoms with Crippen molar-refractivity contribution in [2.75, 3.05) is 11.1 Å². The van der Waals surface area contributed by atoms with Gasteiger partial charge in [-0.15, -0.1) is 0 Å². The molecule has 0 saturated heterocycles. The lowest BCUT2D eigenvalue weighted by atomic mass is 10.2. The van der Waals surface area contributed by atoms with Crippen molar-refractivity contribution in [2.24, 2.45) is 0 Å². The Labute approximate surface area is 146 Å². The van der Waals surface area contributed by atoms with Gasteiger partial charge in [0.05, 0.1) is 4.90 Å². The van der Waals surface area contributed by atoms with E-state index in [1.54, 1.807) is 25.1 Å². The fraction of sp³-hybridized carbons (Fsp3) is 0.111. The van der Waals surface area contributed by atoms with Gasteiger partial charge in [-0.05, 0) is 38.1 Å². The van der Waals surface area contributed by atoms with Crippen molar-refractivity contribution in [3.05, 3.63) is 66.0 Å². The zero-order valence-corrected chi connectivity index (χ0v) is 14.7. The van der Waals surface area contributed by atoms with E-state index in [-0.39, 0.29) is 21.4 Å². The number of sulfone groups is 1. The van der Waals surface area contributed by atoms with Gasteiger partial charge in [-0.1, -0.05) is 35.9 Å². The molecule has 0 amide bonds. The van der Waals surface area contributed by atoms with Gasteiger partial charge >= 0.3 is 0 Å². The predicted octanol–water partition coefficient (Wildman–Crippen LogP) is 3.25. The van der Waals surface area contributed by atoms with Gasteiger partial charge in [-0.25, -0.2) is 18.4 Å². The van der Waals surface area contributed by atoms with E-state index in [2.05, 4.69) is 15.3 Å². The van der Waals surface area contributed by atoms with Gasteiger partial charge in [-0.3, -0.25) is 0 Å². The molecule has 3 N–H and O–H groups in total. The molecule has 0 saturated carbocycles. The molecule has 0 spiro atoms. The summed E-state index contributed by atoms with van der Waals surface area (Å²) in [5, 5.41) is 3.05. The van der Waals surface area contributed by atoms with E-state index in [4.69, 9.17) is 5.73 Å². The van der Waals surface area contributed by atoms with Crippen LogP contribution in [-0.2, 0) is 9.84 Å². The summed E-state index contributed by atoms with van der Waals surface area (Å²) in [6.45, 7) is 3.64. The summed E-state index contributed by atoms with van der Waals surface area (Å²) < 4.78 is 26.1. The molecule has 2 aromatic carbocycles. The second-order valence-electron chi connectivity index (χ2n) is 5.64. The van der Waals surface area contributed by atoms with Crippen LogP contribution < -0.4 is 11.1 Å². The number of nitrogens with two attached hydrogens (primary N) is 1. The van der Waals surface area contributed by atoms with Crippen LogP contribution >= 0.6 is 0 Å². The summed E-state index contributed by atoms with van der Waals surface area (Å²) in [6.07, 6.45) is 0. The molecule has 0 aliphatic carbocycles. The Morgan fingerprint density at radius 2 is 1.56 bits per heavy atom. The summed E-state index contributed by atoms with van der Waals surface area (Å²) >= 11 is 0. The number of nitrogen functional groups attached to an aromatic ring is 1. The first-order valence-electron chi connectivity index (χ1n) is 7.66. The Balaban J connectivity index is 2.15. The van der Waals surface area contributed by atoms with Crippen molar-refractivity contribution < 1.29 is 8.42 Å². The van der Waals surface area contributed by atoms with Gasteiger partial charge in [0.1, 0.15) is 11.6 Å². The first-order chi connectivity index (χ1) is 11.9. The van der Waals surface area contributed by atoms with E-state index < -0.39 is 9.84 Å². The number of anilines is 3. The van der Waals surface area contributed by atoms with Gasteiger partial charge in [-0.2, -0.15) is 0 Å². The van der Waals surface area contributed by atoms with Crippen molar-refractivity contribution in [3.63, 3.8) is 0 Å². The Kier molecular flexibility index (Phi) is 4.41. The van der Waals surface area contributed by atoms with E-state index >= 15 is 0 Å². The molecule has 0 unspecified atom stereocenters. The molecule has 0 radical (unpaired) electrons. The van der Waals surface area contributed by atoms with Crippen LogP contribution in [0.5, 0.6) is 0 Å². The molecule has 0 aliphatic rings. The molecule has 25 heavy (non-hydrogen) atoms. The van der Waals surface area contributed by atoms with Gasteiger partial charge in [0.2, 0.25) is 9.84 Å². The minimum atomic E-state index is -3.86. The number of hydrogen-bond donors (Lipinski definition) is 2. The highest BCUT2D eigenvalue weighted by atomic mass is 32.2. The molecule has 0 atom stereocenters. The molecule has 1 aromatic heterocycles. The van der Waals surface area contributed by atoms with Crippen LogP contribution in [0.25, 0.3) is 0 Å². The largest absolute Gasteiger partial charge is 0.382 e. The van der Waals surface area contributed by atoms with E-state index in [9.17, 15) is 8.42 Å². The van der Waals surface area contributed by atoms with Crippen molar-refractivity contribution in [2.45, 2.75) is 23.6 Å². The summed E-state index contributed by atoms with van der Waals surface area (Å²) in [5.74, 6) is 0.475. The first-order valence-corrected chi connectivity index (χ1v) is 9.14. The lowest BCUT2D eigenvalue weighted by Crippen LogP contribution is -2.13. The third-order valence-corrected chi connectivity index (χ3v) is 5.47. The maximum Gasteiger partial charge on any atom is 0.213 e. The second kappa shape index (κ2) is 6.52. The molecular weight excluding hydrogens is 336 g/mol. The van der Waals surface area contributed by atoms with E-state index in [1.807, 2.05) is 31.2 Å². The van der Waals surface area contributed by atoms with Crippen molar-refractivity contribution in [3.8, 4) is 0 Å². The molecule has 0 fully saturated rings. The third-order valence-electron chi connectivity index (χ3n) is 3.64. The number of aryl methyl sites for hydroxylation is 2. The average Bonchev–Trinajstić information content (AvgIpc) is 2.57. The Morgan fingerprint density at radius 3 is 2.20 bits per heavy atom. The molecule has 6 nitrogen and oxygen atoms in total. The van der Waals surface area contributed by atoms with Gasteiger partial charge in [0, 0.05) is 5.69 Å². The Morgan fingerprint density at radius 1 is 0.920 bits per heavy atom. The first kappa shape index (κ1) is 16.9. The summed E-state index contributed by atoms with van der Waals surface area (Å²) in [4.78, 5) is 8.31. The smallest absolute Gasteiger partial charge is 0.213 e. The topological polar surface area (TPSA) is 98.0 Å². The lowest BCUT2D eigenvalue weighted by Gasteiger charge is -2.14. The van der Waals surface area contributed by atoms with Gasteiger partial charge in [0.15, 0.2) is 10.7 Å². The van der Waals surface area contributed by atoms with Crippen molar-refractivity contribution in [1.82, 2.24) is 9.97 Å². The van der Waals surface area contributed by atoms with Gasteiger partial charge in [0.25, 0.3) is 0 Å². The molecule has 128 valence electrons. The maximum absolute atomic E-state index is 13.0. The minimum Gasteiger partial charge on any atom is -0.382 e. The standard InChI is InChI=1S/C18H18N4O2S/c1-12-8-10-14(11-9-12)22-18-16(17(19)20-13(2)21-18)25(23,24)15-6-4-3-5-7-15/h3-11H,1-2H3,(H3,19,20,21,22). The van der Waals surface area contributed by atoms with Crippen LogP contribution in [-0.4, -0.2) is 18.4 Å². The number of nitrogens with zero attached hydrogens (tertiary/aromatic N) is 2. The lowest BCUT2D eigenvalue weighted by molar-refractivity contribution is 0.596. The molecule has 0 bridgehead atoms. The molecule has 3 rings (SSSR count). The van der Waals surface area contributed by atoms with E-state index in [1.165, 1.54) is 12.1 Å². The maximum atomic E-state index is 13.0. The zero-order valence-electron chi connectivity index (χ0n) is 13.9. The zero-order chi connectivity index (χ0) is 18.0. The highest BCUT2D eigenvalue weighted by molar-refractivity contribution is 7.91. The van der Waals surface area contributed by atoms with E-state index in [0.717, 1.165) is 5.56 Å². The molecule has 3 aromatic rings. The van der Waals surface area contributed by atoms with Crippen LogP contribution in [0.4, 0.5) is 17.3 Å². The van der Waals surface area contributed by atoms with Crippen LogP contribution in [0.2, 0.25) is 0 Å². The van der Waals surface area contributed by atoms with Crippen molar-refractivity contribution >= 4 is 27.2 Å². The number of hydrogen-bond acceptors (Lipinski definition) is 6. The van der Waals surface area contributed by atoms with Crippen LogP contribution in [0.15, 0.2) is 64.4 Å². The highest BCUT2D eigenvalue weighted by Gasteiger charge is 2.27. The fourth-order valence-corrected chi connectivity index (χ4v) is 3.85. The fourth-order valence-electron chi connectivity index (χ4n) is 2.42.